The number of rotatable bonds is 6. The van der Waals surface area contributed by atoms with Crippen molar-refractivity contribution in [2.24, 2.45) is 0 Å². The summed E-state index contributed by atoms with van der Waals surface area (Å²) in [6.45, 7) is 4.31. The van der Waals surface area contributed by atoms with E-state index in [0.29, 0.717) is 19.6 Å². The molecule has 0 spiro atoms. The SMILES string of the molecule is CCc1cc2c(c(COCCCO)c1)OCC2. The molecule has 1 heterocycles. The fourth-order valence-electron chi connectivity index (χ4n) is 2.12. The molecule has 0 saturated carbocycles. The lowest BCUT2D eigenvalue weighted by atomic mass is 10.0. The summed E-state index contributed by atoms with van der Waals surface area (Å²) in [7, 11) is 0. The first-order valence-corrected chi connectivity index (χ1v) is 6.31. The van der Waals surface area contributed by atoms with E-state index in [0.717, 1.165) is 30.8 Å². The second kappa shape index (κ2) is 6.03. The fourth-order valence-corrected chi connectivity index (χ4v) is 2.12. The van der Waals surface area contributed by atoms with E-state index in [4.69, 9.17) is 14.6 Å². The van der Waals surface area contributed by atoms with Gasteiger partial charge in [-0.1, -0.05) is 13.0 Å². The molecule has 1 N–H and O–H groups in total. The zero-order valence-corrected chi connectivity index (χ0v) is 10.4. The Labute approximate surface area is 102 Å². The lowest BCUT2D eigenvalue weighted by Crippen LogP contribution is -2.00. The molecule has 94 valence electrons. The monoisotopic (exact) mass is 236 g/mol. The Morgan fingerprint density at radius 3 is 3.06 bits per heavy atom. The molecule has 17 heavy (non-hydrogen) atoms. The molecule has 3 nitrogen and oxygen atoms in total. The van der Waals surface area contributed by atoms with E-state index in [2.05, 4.69) is 19.1 Å². The third-order valence-corrected chi connectivity index (χ3v) is 3.03. The molecule has 0 radical (unpaired) electrons. The van der Waals surface area contributed by atoms with Crippen LogP contribution in [0.2, 0.25) is 0 Å². The van der Waals surface area contributed by atoms with Crippen LogP contribution in [0.15, 0.2) is 12.1 Å². The smallest absolute Gasteiger partial charge is 0.128 e. The Kier molecular flexibility index (Phi) is 4.40. The van der Waals surface area contributed by atoms with Crippen molar-refractivity contribution in [1.82, 2.24) is 0 Å². The van der Waals surface area contributed by atoms with E-state index in [1.807, 2.05) is 0 Å². The summed E-state index contributed by atoms with van der Waals surface area (Å²) in [6.07, 6.45) is 2.74. The number of fused-ring (bicyclic) bond motifs is 1. The van der Waals surface area contributed by atoms with Crippen molar-refractivity contribution >= 4 is 0 Å². The van der Waals surface area contributed by atoms with E-state index < -0.39 is 0 Å². The van der Waals surface area contributed by atoms with Crippen molar-refractivity contribution in [2.75, 3.05) is 19.8 Å². The van der Waals surface area contributed by atoms with Gasteiger partial charge < -0.3 is 14.6 Å². The zero-order chi connectivity index (χ0) is 12.1. The van der Waals surface area contributed by atoms with Crippen LogP contribution in [0.4, 0.5) is 0 Å². The highest BCUT2D eigenvalue weighted by molar-refractivity contribution is 5.46. The summed E-state index contributed by atoms with van der Waals surface area (Å²) in [5.41, 5.74) is 3.80. The summed E-state index contributed by atoms with van der Waals surface area (Å²) in [4.78, 5) is 0. The molecule has 0 atom stereocenters. The number of hydrogen-bond donors (Lipinski definition) is 1. The van der Waals surface area contributed by atoms with Crippen molar-refractivity contribution in [3.8, 4) is 5.75 Å². The molecule has 0 saturated heterocycles. The molecule has 1 aromatic carbocycles. The van der Waals surface area contributed by atoms with Crippen LogP contribution in [0.1, 0.15) is 30.0 Å². The summed E-state index contributed by atoms with van der Waals surface area (Å²) in [5.74, 6) is 1.02. The number of benzene rings is 1. The highest BCUT2D eigenvalue weighted by atomic mass is 16.5. The van der Waals surface area contributed by atoms with Crippen molar-refractivity contribution in [1.29, 1.82) is 0 Å². The van der Waals surface area contributed by atoms with Crippen LogP contribution in [-0.2, 0) is 24.2 Å². The van der Waals surface area contributed by atoms with E-state index in [9.17, 15) is 0 Å². The topological polar surface area (TPSA) is 38.7 Å². The average molecular weight is 236 g/mol. The fraction of sp³-hybridized carbons (Fsp3) is 0.571. The van der Waals surface area contributed by atoms with E-state index in [1.165, 1.54) is 11.1 Å². The van der Waals surface area contributed by atoms with Crippen LogP contribution < -0.4 is 4.74 Å². The van der Waals surface area contributed by atoms with Crippen LogP contribution in [0, 0.1) is 0 Å². The molecule has 1 aliphatic heterocycles. The highest BCUT2D eigenvalue weighted by Crippen LogP contribution is 2.31. The van der Waals surface area contributed by atoms with Gasteiger partial charge in [-0.15, -0.1) is 0 Å². The normalized spacial score (nSPS) is 13.5. The minimum absolute atomic E-state index is 0.184. The first-order chi connectivity index (χ1) is 8.35. The van der Waals surface area contributed by atoms with E-state index in [1.54, 1.807) is 0 Å². The van der Waals surface area contributed by atoms with Gasteiger partial charge in [-0.05, 0) is 30.0 Å². The molecule has 1 aliphatic rings. The molecule has 0 fully saturated rings. The minimum Gasteiger partial charge on any atom is -0.493 e. The van der Waals surface area contributed by atoms with Gasteiger partial charge in [-0.2, -0.15) is 0 Å². The Hall–Kier alpha value is -1.06. The van der Waals surface area contributed by atoms with Crippen LogP contribution >= 0.6 is 0 Å². The van der Waals surface area contributed by atoms with Crippen LogP contribution in [0.3, 0.4) is 0 Å². The Bertz CT molecular complexity index is 374. The minimum atomic E-state index is 0.184. The van der Waals surface area contributed by atoms with E-state index in [-0.39, 0.29) is 6.61 Å². The average Bonchev–Trinajstić information content (AvgIpc) is 2.82. The first kappa shape index (κ1) is 12.4. The lowest BCUT2D eigenvalue weighted by molar-refractivity contribution is 0.102. The van der Waals surface area contributed by atoms with Crippen LogP contribution in [-0.4, -0.2) is 24.9 Å². The Morgan fingerprint density at radius 1 is 1.41 bits per heavy atom. The number of aliphatic hydroxyl groups is 1. The largest absolute Gasteiger partial charge is 0.493 e. The van der Waals surface area contributed by atoms with Gasteiger partial charge >= 0.3 is 0 Å². The maximum atomic E-state index is 8.70. The molecular formula is C14H20O3. The third kappa shape index (κ3) is 2.99. The molecule has 2 rings (SSSR count). The maximum absolute atomic E-state index is 8.70. The molecule has 0 unspecified atom stereocenters. The molecular weight excluding hydrogens is 216 g/mol. The second-order valence-corrected chi connectivity index (χ2v) is 4.32. The van der Waals surface area contributed by atoms with Gasteiger partial charge in [0.2, 0.25) is 0 Å². The molecule has 3 heteroatoms. The Morgan fingerprint density at radius 2 is 2.29 bits per heavy atom. The summed E-state index contributed by atoms with van der Waals surface area (Å²) in [6, 6.07) is 4.41. The predicted octanol–water partition coefficient (Wildman–Crippen LogP) is 2.08. The summed E-state index contributed by atoms with van der Waals surface area (Å²) >= 11 is 0. The third-order valence-electron chi connectivity index (χ3n) is 3.03. The Balaban J connectivity index is 2.07. The molecule has 0 aromatic heterocycles. The molecule has 1 aromatic rings. The van der Waals surface area contributed by atoms with Crippen LogP contribution in [0.5, 0.6) is 5.75 Å². The second-order valence-electron chi connectivity index (χ2n) is 4.32. The number of ether oxygens (including phenoxy) is 2. The first-order valence-electron chi connectivity index (χ1n) is 6.31. The highest BCUT2D eigenvalue weighted by Gasteiger charge is 2.17. The number of aryl methyl sites for hydroxylation is 1. The maximum Gasteiger partial charge on any atom is 0.128 e. The molecule has 0 amide bonds. The van der Waals surface area contributed by atoms with Gasteiger partial charge in [0, 0.05) is 25.2 Å². The number of aliphatic hydroxyl groups excluding tert-OH is 1. The van der Waals surface area contributed by atoms with Gasteiger partial charge in [0.05, 0.1) is 13.2 Å². The molecule has 0 aliphatic carbocycles. The zero-order valence-electron chi connectivity index (χ0n) is 10.4. The number of hydrogen-bond acceptors (Lipinski definition) is 3. The van der Waals surface area contributed by atoms with Crippen molar-refractivity contribution in [2.45, 2.75) is 32.8 Å². The standard InChI is InChI=1S/C14H20O3/c1-2-11-8-12-4-7-17-14(12)13(9-11)10-16-6-3-5-15/h8-9,15H,2-7,10H2,1H3. The van der Waals surface area contributed by atoms with Gasteiger partial charge in [-0.3, -0.25) is 0 Å². The van der Waals surface area contributed by atoms with Gasteiger partial charge in [0.25, 0.3) is 0 Å². The summed E-state index contributed by atoms with van der Waals surface area (Å²) < 4.78 is 11.2. The van der Waals surface area contributed by atoms with Gasteiger partial charge in [0.15, 0.2) is 0 Å². The molecule has 0 bridgehead atoms. The quantitative estimate of drug-likeness (QED) is 0.769. The van der Waals surface area contributed by atoms with Crippen LogP contribution in [0.25, 0.3) is 0 Å². The lowest BCUT2D eigenvalue weighted by Gasteiger charge is -2.11. The van der Waals surface area contributed by atoms with Crippen molar-refractivity contribution < 1.29 is 14.6 Å². The van der Waals surface area contributed by atoms with Crippen molar-refractivity contribution in [3.05, 3.63) is 28.8 Å². The van der Waals surface area contributed by atoms with Gasteiger partial charge in [0.1, 0.15) is 5.75 Å². The van der Waals surface area contributed by atoms with Gasteiger partial charge in [-0.25, -0.2) is 0 Å². The summed E-state index contributed by atoms with van der Waals surface area (Å²) in [5, 5.41) is 8.70. The van der Waals surface area contributed by atoms with Crippen molar-refractivity contribution in [3.63, 3.8) is 0 Å². The van der Waals surface area contributed by atoms with E-state index >= 15 is 0 Å². The predicted molar refractivity (Wildman–Crippen MR) is 66.4 cm³/mol.